The van der Waals surface area contributed by atoms with Gasteiger partial charge in [0.25, 0.3) is 5.56 Å². The van der Waals surface area contributed by atoms with Gasteiger partial charge in [-0.15, -0.1) is 0 Å². The third-order valence-corrected chi connectivity index (χ3v) is 5.47. The third-order valence-electron chi connectivity index (χ3n) is 5.47. The fourth-order valence-corrected chi connectivity index (χ4v) is 3.54. The van der Waals surface area contributed by atoms with Gasteiger partial charge in [-0.3, -0.25) is 18.8 Å². The van der Waals surface area contributed by atoms with E-state index in [-0.39, 0.29) is 5.56 Å². The molecular weight excluding hydrogens is 360 g/mol. The highest BCUT2D eigenvalue weighted by atomic mass is 16.4. The van der Waals surface area contributed by atoms with Crippen LogP contribution in [0.3, 0.4) is 0 Å². The number of oxazole rings is 1. The van der Waals surface area contributed by atoms with Crippen molar-refractivity contribution in [1.82, 2.24) is 19.0 Å². The summed E-state index contributed by atoms with van der Waals surface area (Å²) >= 11 is 0. The normalized spacial score (nSPS) is 15.5. The molecule has 0 aliphatic carbocycles. The number of likely N-dealkylation sites (tertiary alicyclic amines) is 1. The molecule has 28 heavy (non-hydrogen) atoms. The molecule has 9 nitrogen and oxygen atoms in total. The van der Waals surface area contributed by atoms with Crippen LogP contribution in [0.25, 0.3) is 0 Å². The molecule has 1 saturated heterocycles. The largest absolute Gasteiger partial charge is 0.444 e. The molecule has 2 aromatic heterocycles. The molecule has 0 radical (unpaired) electrons. The lowest BCUT2D eigenvalue weighted by Gasteiger charge is -2.31. The highest BCUT2D eigenvalue weighted by Gasteiger charge is 2.22. The summed E-state index contributed by atoms with van der Waals surface area (Å²) in [5.41, 5.74) is -0.115. The fraction of sp³-hybridized carbons (Fsp3) is 0.579. The van der Waals surface area contributed by atoms with Gasteiger partial charge in [-0.1, -0.05) is 0 Å². The monoisotopic (exact) mass is 386 g/mol. The van der Waals surface area contributed by atoms with E-state index in [1.165, 1.54) is 11.6 Å². The van der Waals surface area contributed by atoms with Crippen LogP contribution in [0.5, 0.6) is 0 Å². The number of nitrogens with zero attached hydrogens (tertiary/aromatic N) is 5. The first-order valence-corrected chi connectivity index (χ1v) is 9.41. The minimum absolute atomic E-state index is 0.0309. The Hall–Kier alpha value is -2.86. The average molecular weight is 386 g/mol. The molecule has 2 aromatic rings. The Bertz CT molecular complexity index is 999. The molecule has 1 aliphatic rings. The summed E-state index contributed by atoms with van der Waals surface area (Å²) in [4.78, 5) is 31.0. The fourth-order valence-electron chi connectivity index (χ4n) is 3.54. The van der Waals surface area contributed by atoms with E-state index in [2.05, 4.69) is 15.2 Å². The predicted octanol–water partition coefficient (Wildman–Crippen LogP) is 0.885. The number of rotatable bonds is 5. The molecule has 0 bridgehead atoms. The van der Waals surface area contributed by atoms with Crippen LogP contribution in [-0.2, 0) is 20.6 Å². The number of aromatic nitrogens is 3. The Morgan fingerprint density at radius 2 is 1.89 bits per heavy atom. The van der Waals surface area contributed by atoms with Crippen molar-refractivity contribution in [3.05, 3.63) is 43.7 Å². The van der Waals surface area contributed by atoms with E-state index in [9.17, 15) is 14.9 Å². The molecule has 0 saturated carbocycles. The number of nitriles is 1. The molecule has 1 aliphatic heterocycles. The SMILES string of the molecule is Cc1nc(CN2CCC(CNc3c(C#N)c(=O)n(C)c(=O)n3C)CC2)oc1C. The molecule has 0 aromatic carbocycles. The summed E-state index contributed by atoms with van der Waals surface area (Å²) < 4.78 is 7.93. The molecule has 150 valence electrons. The zero-order valence-electron chi connectivity index (χ0n) is 16.8. The van der Waals surface area contributed by atoms with E-state index in [0.29, 0.717) is 24.8 Å². The maximum Gasteiger partial charge on any atom is 0.332 e. The van der Waals surface area contributed by atoms with Gasteiger partial charge in [-0.2, -0.15) is 5.26 Å². The van der Waals surface area contributed by atoms with E-state index < -0.39 is 11.2 Å². The number of anilines is 1. The molecule has 0 atom stereocenters. The second-order valence-corrected chi connectivity index (χ2v) is 7.39. The lowest BCUT2D eigenvalue weighted by Crippen LogP contribution is -2.41. The molecule has 1 fully saturated rings. The summed E-state index contributed by atoms with van der Waals surface area (Å²) in [6.45, 7) is 7.03. The highest BCUT2D eigenvalue weighted by molar-refractivity contribution is 5.51. The molecule has 3 rings (SSSR count). The lowest BCUT2D eigenvalue weighted by atomic mass is 9.97. The molecule has 1 N–H and O–H groups in total. The minimum Gasteiger partial charge on any atom is -0.444 e. The first-order chi connectivity index (χ1) is 13.3. The maximum atomic E-state index is 12.2. The number of hydrogen-bond acceptors (Lipinski definition) is 7. The Labute approximate surface area is 163 Å². The van der Waals surface area contributed by atoms with E-state index in [1.807, 2.05) is 19.9 Å². The van der Waals surface area contributed by atoms with Gasteiger partial charge in [0.05, 0.1) is 12.2 Å². The standard InChI is InChI=1S/C19H26N6O3/c1-12-13(2)28-16(22-12)11-25-7-5-14(6-8-25)10-21-17-15(9-20)18(26)24(4)19(27)23(17)3/h14,21H,5-8,10-11H2,1-4H3. The number of hydrogen-bond donors (Lipinski definition) is 1. The van der Waals surface area contributed by atoms with Gasteiger partial charge < -0.3 is 9.73 Å². The number of nitrogens with one attached hydrogen (secondary N) is 1. The van der Waals surface area contributed by atoms with Crippen molar-refractivity contribution in [1.29, 1.82) is 5.26 Å². The van der Waals surface area contributed by atoms with Crippen LogP contribution < -0.4 is 16.6 Å². The lowest BCUT2D eigenvalue weighted by molar-refractivity contribution is 0.167. The van der Waals surface area contributed by atoms with E-state index in [4.69, 9.17) is 4.42 Å². The quantitative estimate of drug-likeness (QED) is 0.812. The van der Waals surface area contributed by atoms with Crippen molar-refractivity contribution in [2.24, 2.45) is 20.0 Å². The smallest absolute Gasteiger partial charge is 0.332 e. The van der Waals surface area contributed by atoms with Gasteiger partial charge in [0.1, 0.15) is 17.6 Å². The summed E-state index contributed by atoms with van der Waals surface area (Å²) in [6.07, 6.45) is 1.96. The molecule has 3 heterocycles. The highest BCUT2D eigenvalue weighted by Crippen LogP contribution is 2.20. The Kier molecular flexibility index (Phi) is 5.70. The van der Waals surface area contributed by atoms with Crippen molar-refractivity contribution < 1.29 is 4.42 Å². The second kappa shape index (κ2) is 8.02. The van der Waals surface area contributed by atoms with Crippen LogP contribution in [0.4, 0.5) is 5.82 Å². The van der Waals surface area contributed by atoms with Crippen molar-refractivity contribution in [3.63, 3.8) is 0 Å². The third kappa shape index (κ3) is 3.87. The van der Waals surface area contributed by atoms with Gasteiger partial charge in [-0.05, 0) is 45.7 Å². The Morgan fingerprint density at radius 1 is 1.21 bits per heavy atom. The molecular formula is C19H26N6O3. The van der Waals surface area contributed by atoms with Crippen molar-refractivity contribution in [3.8, 4) is 6.07 Å². The summed E-state index contributed by atoms with van der Waals surface area (Å²) in [7, 11) is 2.94. The van der Waals surface area contributed by atoms with Gasteiger partial charge in [0.15, 0.2) is 5.56 Å². The summed E-state index contributed by atoms with van der Waals surface area (Å²) in [5, 5.41) is 12.5. The first-order valence-electron chi connectivity index (χ1n) is 9.41. The summed E-state index contributed by atoms with van der Waals surface area (Å²) in [5.74, 6) is 2.31. The number of piperidine rings is 1. The molecule has 0 amide bonds. The predicted molar refractivity (Wildman–Crippen MR) is 104 cm³/mol. The van der Waals surface area contributed by atoms with Gasteiger partial charge in [0, 0.05) is 20.6 Å². The summed E-state index contributed by atoms with van der Waals surface area (Å²) in [6, 6.07) is 1.92. The van der Waals surface area contributed by atoms with Gasteiger partial charge >= 0.3 is 5.69 Å². The topological polar surface area (TPSA) is 109 Å². The molecule has 0 unspecified atom stereocenters. The van der Waals surface area contributed by atoms with Crippen LogP contribution in [0, 0.1) is 31.1 Å². The first kappa shape index (κ1) is 19.9. The molecule has 0 spiro atoms. The Morgan fingerprint density at radius 3 is 2.46 bits per heavy atom. The minimum atomic E-state index is -0.570. The van der Waals surface area contributed by atoms with Gasteiger partial charge in [-0.25, -0.2) is 9.78 Å². The maximum absolute atomic E-state index is 12.2. The van der Waals surface area contributed by atoms with Crippen LogP contribution >= 0.6 is 0 Å². The Balaban J connectivity index is 1.60. The van der Waals surface area contributed by atoms with Crippen molar-refractivity contribution in [2.75, 3.05) is 25.0 Å². The second-order valence-electron chi connectivity index (χ2n) is 7.39. The van der Waals surface area contributed by atoms with Gasteiger partial charge in [0.2, 0.25) is 5.89 Å². The van der Waals surface area contributed by atoms with Crippen LogP contribution in [-0.4, -0.2) is 38.7 Å². The van der Waals surface area contributed by atoms with E-state index in [1.54, 1.807) is 7.05 Å². The zero-order valence-corrected chi connectivity index (χ0v) is 16.8. The average Bonchev–Trinajstić information content (AvgIpc) is 3.00. The van der Waals surface area contributed by atoms with Crippen LogP contribution in [0.15, 0.2) is 14.0 Å². The van der Waals surface area contributed by atoms with E-state index in [0.717, 1.165) is 47.8 Å². The van der Waals surface area contributed by atoms with E-state index >= 15 is 0 Å². The molecule has 9 heteroatoms. The number of aryl methyl sites for hydroxylation is 2. The van der Waals surface area contributed by atoms with Crippen molar-refractivity contribution in [2.45, 2.75) is 33.2 Å². The zero-order chi connectivity index (χ0) is 20.4. The van der Waals surface area contributed by atoms with Crippen molar-refractivity contribution >= 4 is 5.82 Å². The van der Waals surface area contributed by atoms with Crippen LogP contribution in [0.1, 0.15) is 35.7 Å². The van der Waals surface area contributed by atoms with Crippen LogP contribution in [0.2, 0.25) is 0 Å².